The number of nitriles is 1. The molecule has 0 bridgehead atoms. The fraction of sp³-hybridized carbons (Fsp3) is 0.125. The molecular formula is C16H15N3O. The van der Waals surface area contributed by atoms with Gasteiger partial charge in [-0.05, 0) is 48.9 Å². The van der Waals surface area contributed by atoms with Crippen LogP contribution in [0.25, 0.3) is 0 Å². The van der Waals surface area contributed by atoms with E-state index in [0.29, 0.717) is 16.8 Å². The molecule has 0 saturated heterocycles. The number of carbonyl (C=O) groups excluding carboxylic acids is 1. The number of amides is 1. The SMILES string of the molecule is CNc1ccc(C(=O)Nc2cc(C#N)ccc2C)cc1. The van der Waals surface area contributed by atoms with Crippen molar-refractivity contribution in [3.63, 3.8) is 0 Å². The lowest BCUT2D eigenvalue weighted by Gasteiger charge is -2.09. The number of anilines is 2. The van der Waals surface area contributed by atoms with E-state index in [9.17, 15) is 4.79 Å². The quantitative estimate of drug-likeness (QED) is 0.896. The van der Waals surface area contributed by atoms with Crippen molar-refractivity contribution < 1.29 is 4.79 Å². The maximum atomic E-state index is 12.2. The highest BCUT2D eigenvalue weighted by molar-refractivity contribution is 6.04. The van der Waals surface area contributed by atoms with Crippen LogP contribution in [0.4, 0.5) is 11.4 Å². The summed E-state index contributed by atoms with van der Waals surface area (Å²) in [5, 5.41) is 14.7. The molecule has 2 aromatic carbocycles. The van der Waals surface area contributed by atoms with Gasteiger partial charge < -0.3 is 10.6 Å². The van der Waals surface area contributed by atoms with E-state index >= 15 is 0 Å². The van der Waals surface area contributed by atoms with E-state index < -0.39 is 0 Å². The third-order valence-corrected chi connectivity index (χ3v) is 3.05. The molecule has 0 atom stereocenters. The lowest BCUT2D eigenvalue weighted by molar-refractivity contribution is 0.102. The molecule has 1 amide bonds. The Bertz CT molecular complexity index is 669. The van der Waals surface area contributed by atoms with Crippen molar-refractivity contribution in [1.29, 1.82) is 5.26 Å². The summed E-state index contributed by atoms with van der Waals surface area (Å²) < 4.78 is 0. The first-order valence-corrected chi connectivity index (χ1v) is 6.24. The zero-order chi connectivity index (χ0) is 14.5. The third kappa shape index (κ3) is 2.96. The lowest BCUT2D eigenvalue weighted by Crippen LogP contribution is -2.12. The van der Waals surface area contributed by atoms with Crippen molar-refractivity contribution in [3.05, 3.63) is 59.2 Å². The number of hydrogen-bond donors (Lipinski definition) is 2. The van der Waals surface area contributed by atoms with Crippen LogP contribution in [0.2, 0.25) is 0 Å². The van der Waals surface area contributed by atoms with Gasteiger partial charge in [0, 0.05) is 24.0 Å². The van der Waals surface area contributed by atoms with Gasteiger partial charge in [0.1, 0.15) is 0 Å². The molecule has 2 rings (SSSR count). The summed E-state index contributed by atoms with van der Waals surface area (Å²) in [6.45, 7) is 1.89. The Morgan fingerprint density at radius 1 is 1.15 bits per heavy atom. The summed E-state index contributed by atoms with van der Waals surface area (Å²) in [5.74, 6) is -0.189. The second-order valence-electron chi connectivity index (χ2n) is 4.42. The second kappa shape index (κ2) is 5.89. The Kier molecular flexibility index (Phi) is 4.02. The van der Waals surface area contributed by atoms with Gasteiger partial charge in [-0.15, -0.1) is 0 Å². The van der Waals surface area contributed by atoms with Gasteiger partial charge in [-0.25, -0.2) is 0 Å². The van der Waals surface area contributed by atoms with Crippen LogP contribution in [0.15, 0.2) is 42.5 Å². The van der Waals surface area contributed by atoms with Crippen molar-refractivity contribution >= 4 is 17.3 Å². The van der Waals surface area contributed by atoms with Crippen LogP contribution >= 0.6 is 0 Å². The van der Waals surface area contributed by atoms with Crippen LogP contribution in [-0.4, -0.2) is 13.0 Å². The number of benzene rings is 2. The van der Waals surface area contributed by atoms with Crippen LogP contribution < -0.4 is 10.6 Å². The Hall–Kier alpha value is -2.80. The fourth-order valence-electron chi connectivity index (χ4n) is 1.81. The summed E-state index contributed by atoms with van der Waals surface area (Å²) in [6.07, 6.45) is 0. The van der Waals surface area contributed by atoms with Gasteiger partial charge in [0.25, 0.3) is 5.91 Å². The predicted molar refractivity (Wildman–Crippen MR) is 79.8 cm³/mol. The van der Waals surface area contributed by atoms with E-state index in [1.165, 1.54) is 0 Å². The minimum Gasteiger partial charge on any atom is -0.388 e. The minimum absolute atomic E-state index is 0.189. The molecule has 4 heteroatoms. The monoisotopic (exact) mass is 265 g/mol. The van der Waals surface area contributed by atoms with Gasteiger partial charge in [-0.1, -0.05) is 6.07 Å². The molecule has 100 valence electrons. The standard InChI is InChI=1S/C16H15N3O/c1-11-3-4-12(10-17)9-15(11)19-16(20)13-5-7-14(18-2)8-6-13/h3-9,18H,1-2H3,(H,19,20). The Balaban J connectivity index is 2.20. The molecule has 0 unspecified atom stereocenters. The Morgan fingerprint density at radius 2 is 1.85 bits per heavy atom. The van der Waals surface area contributed by atoms with Crippen LogP contribution in [-0.2, 0) is 0 Å². The largest absolute Gasteiger partial charge is 0.388 e. The predicted octanol–water partition coefficient (Wildman–Crippen LogP) is 3.16. The maximum absolute atomic E-state index is 12.2. The van der Waals surface area contributed by atoms with Crippen molar-refractivity contribution in [1.82, 2.24) is 0 Å². The number of nitrogens with zero attached hydrogens (tertiary/aromatic N) is 1. The van der Waals surface area contributed by atoms with Gasteiger partial charge in [-0.3, -0.25) is 4.79 Å². The highest BCUT2D eigenvalue weighted by Gasteiger charge is 2.08. The van der Waals surface area contributed by atoms with Gasteiger partial charge in [0.05, 0.1) is 11.6 Å². The van der Waals surface area contributed by atoms with Crippen molar-refractivity contribution in [2.45, 2.75) is 6.92 Å². The second-order valence-corrected chi connectivity index (χ2v) is 4.42. The molecule has 0 heterocycles. The number of rotatable bonds is 3. The number of hydrogen-bond acceptors (Lipinski definition) is 3. The molecule has 20 heavy (non-hydrogen) atoms. The molecule has 0 fully saturated rings. The molecular weight excluding hydrogens is 250 g/mol. The molecule has 0 aromatic heterocycles. The first kappa shape index (κ1) is 13.6. The molecule has 0 aliphatic heterocycles. The lowest BCUT2D eigenvalue weighted by atomic mass is 10.1. The molecule has 4 nitrogen and oxygen atoms in total. The van der Waals surface area contributed by atoms with Crippen molar-refractivity contribution in [2.75, 3.05) is 17.7 Å². The van der Waals surface area contributed by atoms with Gasteiger partial charge in [0.2, 0.25) is 0 Å². The van der Waals surface area contributed by atoms with Gasteiger partial charge in [0.15, 0.2) is 0 Å². The molecule has 0 saturated carbocycles. The number of carbonyl (C=O) groups is 1. The van der Waals surface area contributed by atoms with E-state index in [4.69, 9.17) is 5.26 Å². The van der Waals surface area contributed by atoms with E-state index in [1.807, 2.05) is 32.2 Å². The van der Waals surface area contributed by atoms with E-state index in [1.54, 1.807) is 24.3 Å². The summed E-state index contributed by atoms with van der Waals surface area (Å²) in [4.78, 5) is 12.2. The average molecular weight is 265 g/mol. The van der Waals surface area contributed by atoms with Crippen LogP contribution in [0, 0.1) is 18.3 Å². The zero-order valence-electron chi connectivity index (χ0n) is 11.4. The molecule has 0 aliphatic rings. The maximum Gasteiger partial charge on any atom is 0.255 e. The number of aryl methyl sites for hydroxylation is 1. The van der Waals surface area contributed by atoms with E-state index in [0.717, 1.165) is 11.3 Å². The summed E-state index contributed by atoms with van der Waals surface area (Å²) in [6, 6.07) is 14.5. The normalized spacial score (nSPS) is 9.65. The first-order chi connectivity index (χ1) is 9.63. The fourth-order valence-corrected chi connectivity index (χ4v) is 1.81. The topological polar surface area (TPSA) is 64.9 Å². The van der Waals surface area contributed by atoms with E-state index in [2.05, 4.69) is 16.7 Å². The van der Waals surface area contributed by atoms with Gasteiger partial charge >= 0.3 is 0 Å². The minimum atomic E-state index is -0.189. The zero-order valence-corrected chi connectivity index (χ0v) is 11.4. The van der Waals surface area contributed by atoms with Crippen molar-refractivity contribution in [3.8, 4) is 6.07 Å². The molecule has 2 N–H and O–H groups in total. The highest BCUT2D eigenvalue weighted by atomic mass is 16.1. The Labute approximate surface area is 118 Å². The molecule has 0 radical (unpaired) electrons. The molecule has 0 aliphatic carbocycles. The van der Waals surface area contributed by atoms with Gasteiger partial charge in [-0.2, -0.15) is 5.26 Å². The van der Waals surface area contributed by atoms with E-state index in [-0.39, 0.29) is 5.91 Å². The Morgan fingerprint density at radius 3 is 2.45 bits per heavy atom. The summed E-state index contributed by atoms with van der Waals surface area (Å²) in [7, 11) is 1.83. The molecule has 0 spiro atoms. The first-order valence-electron chi connectivity index (χ1n) is 6.24. The molecule has 2 aromatic rings. The average Bonchev–Trinajstić information content (AvgIpc) is 2.49. The number of nitrogens with one attached hydrogen (secondary N) is 2. The highest BCUT2D eigenvalue weighted by Crippen LogP contribution is 2.18. The van der Waals surface area contributed by atoms with Crippen LogP contribution in [0.1, 0.15) is 21.5 Å². The smallest absolute Gasteiger partial charge is 0.255 e. The van der Waals surface area contributed by atoms with Crippen LogP contribution in [0.5, 0.6) is 0 Å². The van der Waals surface area contributed by atoms with Crippen LogP contribution in [0.3, 0.4) is 0 Å². The summed E-state index contributed by atoms with van der Waals surface area (Å²) in [5.41, 5.74) is 3.63. The van der Waals surface area contributed by atoms with Crippen molar-refractivity contribution in [2.24, 2.45) is 0 Å². The third-order valence-electron chi connectivity index (χ3n) is 3.05. The summed E-state index contributed by atoms with van der Waals surface area (Å²) >= 11 is 0.